The molecule has 3 rings (SSSR count). The molecule has 2 atom stereocenters. The van der Waals surface area contributed by atoms with Crippen molar-refractivity contribution in [3.05, 3.63) is 24.3 Å². The molecule has 1 aromatic rings. The van der Waals surface area contributed by atoms with Gasteiger partial charge in [0, 0.05) is 12.2 Å². The molecule has 100 valence electrons. The molecule has 2 fully saturated rings. The highest BCUT2D eigenvalue weighted by atomic mass is 16.2. The summed E-state index contributed by atoms with van der Waals surface area (Å²) in [6.07, 6.45) is 1.95. The lowest BCUT2D eigenvalue weighted by Gasteiger charge is -2.31. The van der Waals surface area contributed by atoms with Gasteiger partial charge in [0.2, 0.25) is 0 Å². The number of nitrogens with two attached hydrogens (primary N) is 1. The number of hydrogen-bond acceptors (Lipinski definition) is 3. The molecular weight excluding hydrogens is 242 g/mol. The van der Waals surface area contributed by atoms with E-state index in [-0.39, 0.29) is 23.9 Å². The number of imide groups is 1. The molecule has 2 heterocycles. The van der Waals surface area contributed by atoms with Crippen LogP contribution in [-0.4, -0.2) is 29.4 Å². The highest BCUT2D eigenvalue weighted by molar-refractivity contribution is 6.21. The van der Waals surface area contributed by atoms with Gasteiger partial charge in [0.05, 0.1) is 5.69 Å². The summed E-state index contributed by atoms with van der Waals surface area (Å²) in [5.74, 6) is 0.0964. The van der Waals surface area contributed by atoms with E-state index in [1.165, 1.54) is 4.90 Å². The third kappa shape index (κ3) is 1.77. The van der Waals surface area contributed by atoms with Crippen LogP contribution in [0.3, 0.4) is 0 Å². The van der Waals surface area contributed by atoms with Crippen LogP contribution in [0.5, 0.6) is 0 Å². The maximum Gasteiger partial charge on any atom is 0.332 e. The van der Waals surface area contributed by atoms with E-state index in [1.807, 2.05) is 6.92 Å². The Morgan fingerprint density at radius 1 is 1.32 bits per heavy atom. The van der Waals surface area contributed by atoms with Crippen LogP contribution in [0.25, 0.3) is 0 Å². The van der Waals surface area contributed by atoms with Crippen LogP contribution in [0.2, 0.25) is 0 Å². The number of fused-ring (bicyclic) bond motifs is 1. The first-order valence-electron chi connectivity index (χ1n) is 6.59. The maximum atomic E-state index is 12.5. The van der Waals surface area contributed by atoms with Gasteiger partial charge in [0.1, 0.15) is 6.04 Å². The fraction of sp³-hybridized carbons (Fsp3) is 0.429. The zero-order valence-electron chi connectivity index (χ0n) is 10.9. The van der Waals surface area contributed by atoms with Gasteiger partial charge in [-0.3, -0.25) is 4.79 Å². The summed E-state index contributed by atoms with van der Waals surface area (Å²) >= 11 is 0. The summed E-state index contributed by atoms with van der Waals surface area (Å²) in [4.78, 5) is 27.9. The van der Waals surface area contributed by atoms with Crippen LogP contribution in [0.4, 0.5) is 16.2 Å². The molecule has 0 saturated carbocycles. The van der Waals surface area contributed by atoms with E-state index in [0.29, 0.717) is 17.9 Å². The van der Waals surface area contributed by atoms with E-state index in [9.17, 15) is 9.59 Å². The van der Waals surface area contributed by atoms with Crippen molar-refractivity contribution >= 4 is 23.3 Å². The molecule has 2 saturated heterocycles. The van der Waals surface area contributed by atoms with Crippen molar-refractivity contribution in [2.45, 2.75) is 25.8 Å². The van der Waals surface area contributed by atoms with Gasteiger partial charge < -0.3 is 10.6 Å². The molecule has 0 bridgehead atoms. The topological polar surface area (TPSA) is 66.6 Å². The molecule has 19 heavy (non-hydrogen) atoms. The van der Waals surface area contributed by atoms with Gasteiger partial charge in [0.15, 0.2) is 0 Å². The standard InChI is InChI=1S/C14H17N3O2/c1-9-4-3-7-16-12(9)13(18)17(14(16)19)11-6-2-5-10(15)8-11/h2,5-6,8-9,12H,3-4,7,15H2,1H3. The maximum absolute atomic E-state index is 12.5. The quantitative estimate of drug-likeness (QED) is 0.618. The molecule has 2 unspecified atom stereocenters. The van der Waals surface area contributed by atoms with Crippen molar-refractivity contribution in [2.75, 3.05) is 17.2 Å². The van der Waals surface area contributed by atoms with E-state index in [0.717, 1.165) is 12.8 Å². The number of rotatable bonds is 1. The molecule has 0 aromatic heterocycles. The van der Waals surface area contributed by atoms with Crippen LogP contribution in [-0.2, 0) is 4.79 Å². The van der Waals surface area contributed by atoms with Crippen molar-refractivity contribution < 1.29 is 9.59 Å². The van der Waals surface area contributed by atoms with E-state index in [4.69, 9.17) is 5.73 Å². The third-order valence-electron chi connectivity index (χ3n) is 3.97. The number of anilines is 2. The van der Waals surface area contributed by atoms with E-state index in [1.54, 1.807) is 29.2 Å². The Kier molecular flexibility index (Phi) is 2.69. The molecule has 5 heteroatoms. The highest BCUT2D eigenvalue weighted by Crippen LogP contribution is 2.34. The number of urea groups is 1. The molecular formula is C14H17N3O2. The second kappa shape index (κ2) is 4.26. The number of piperidine rings is 1. The summed E-state index contributed by atoms with van der Waals surface area (Å²) in [6.45, 7) is 2.70. The Morgan fingerprint density at radius 2 is 2.11 bits per heavy atom. The predicted molar refractivity (Wildman–Crippen MR) is 72.6 cm³/mol. The number of carbonyl (C=O) groups is 2. The lowest BCUT2D eigenvalue weighted by Crippen LogP contribution is -2.44. The summed E-state index contributed by atoms with van der Waals surface area (Å²) in [5, 5.41) is 0. The number of carbonyl (C=O) groups excluding carboxylic acids is 2. The molecule has 2 aliphatic heterocycles. The van der Waals surface area contributed by atoms with Crippen LogP contribution in [0.15, 0.2) is 24.3 Å². The number of amides is 3. The van der Waals surface area contributed by atoms with Crippen molar-refractivity contribution in [1.29, 1.82) is 0 Å². The van der Waals surface area contributed by atoms with Crippen LogP contribution < -0.4 is 10.6 Å². The molecule has 1 aromatic carbocycles. The van der Waals surface area contributed by atoms with Gasteiger partial charge in [-0.05, 0) is 37.0 Å². The summed E-state index contributed by atoms with van der Waals surface area (Å²) in [5.41, 5.74) is 6.85. The second-order valence-corrected chi connectivity index (χ2v) is 5.31. The van der Waals surface area contributed by atoms with Gasteiger partial charge in [-0.1, -0.05) is 13.0 Å². The van der Waals surface area contributed by atoms with E-state index < -0.39 is 0 Å². The first kappa shape index (κ1) is 12.0. The number of nitrogen functional groups attached to an aromatic ring is 1. The van der Waals surface area contributed by atoms with Crippen LogP contribution in [0.1, 0.15) is 19.8 Å². The molecule has 0 radical (unpaired) electrons. The van der Waals surface area contributed by atoms with Crippen LogP contribution in [0, 0.1) is 5.92 Å². The summed E-state index contributed by atoms with van der Waals surface area (Å²) < 4.78 is 0. The van der Waals surface area contributed by atoms with Gasteiger partial charge in [0.25, 0.3) is 5.91 Å². The van der Waals surface area contributed by atoms with Crippen molar-refractivity contribution in [3.8, 4) is 0 Å². The number of benzene rings is 1. The minimum atomic E-state index is -0.303. The Hall–Kier alpha value is -2.04. The first-order valence-corrected chi connectivity index (χ1v) is 6.59. The molecule has 2 aliphatic rings. The van der Waals surface area contributed by atoms with Gasteiger partial charge in [-0.15, -0.1) is 0 Å². The normalized spacial score (nSPS) is 26.8. The zero-order chi connectivity index (χ0) is 13.6. The molecule has 3 amide bonds. The molecule has 0 aliphatic carbocycles. The van der Waals surface area contributed by atoms with Gasteiger partial charge >= 0.3 is 6.03 Å². The van der Waals surface area contributed by atoms with Gasteiger partial charge in [-0.2, -0.15) is 0 Å². The minimum Gasteiger partial charge on any atom is -0.399 e. The highest BCUT2D eigenvalue weighted by Gasteiger charge is 2.49. The largest absolute Gasteiger partial charge is 0.399 e. The first-order chi connectivity index (χ1) is 9.09. The van der Waals surface area contributed by atoms with Crippen LogP contribution >= 0.6 is 0 Å². The SMILES string of the molecule is CC1CCCN2C(=O)N(c3cccc(N)c3)C(=O)C12. The Bertz CT molecular complexity index is 543. The number of hydrogen-bond donors (Lipinski definition) is 1. The Labute approximate surface area is 112 Å². The second-order valence-electron chi connectivity index (χ2n) is 5.31. The monoisotopic (exact) mass is 259 g/mol. The van der Waals surface area contributed by atoms with E-state index in [2.05, 4.69) is 0 Å². The minimum absolute atomic E-state index is 0.122. The Balaban J connectivity index is 1.99. The zero-order valence-corrected chi connectivity index (χ0v) is 10.9. The lowest BCUT2D eigenvalue weighted by molar-refractivity contribution is -0.121. The third-order valence-corrected chi connectivity index (χ3v) is 3.97. The van der Waals surface area contributed by atoms with Crippen molar-refractivity contribution in [3.63, 3.8) is 0 Å². The summed E-state index contributed by atoms with van der Waals surface area (Å²) in [7, 11) is 0. The molecule has 0 spiro atoms. The predicted octanol–water partition coefficient (Wildman–Crippen LogP) is 1.84. The van der Waals surface area contributed by atoms with E-state index >= 15 is 0 Å². The average Bonchev–Trinajstić information content (AvgIpc) is 2.63. The van der Waals surface area contributed by atoms with Gasteiger partial charge in [-0.25, -0.2) is 9.69 Å². The fourth-order valence-electron chi connectivity index (χ4n) is 3.04. The average molecular weight is 259 g/mol. The molecule has 2 N–H and O–H groups in total. The molecule has 5 nitrogen and oxygen atoms in total. The Morgan fingerprint density at radius 3 is 2.79 bits per heavy atom. The summed E-state index contributed by atoms with van der Waals surface area (Å²) in [6, 6.07) is 6.39. The van der Waals surface area contributed by atoms with Crippen molar-refractivity contribution in [2.24, 2.45) is 5.92 Å². The smallest absolute Gasteiger partial charge is 0.332 e. The lowest BCUT2D eigenvalue weighted by atomic mass is 9.91. The number of nitrogens with zero attached hydrogens (tertiary/aromatic N) is 2. The van der Waals surface area contributed by atoms with Crippen molar-refractivity contribution in [1.82, 2.24) is 4.90 Å². The fourth-order valence-corrected chi connectivity index (χ4v) is 3.04.